The molecule has 8 heteroatoms. The number of carbonyl (C=O) groups is 1. The number of thioether (sulfide) groups is 1. The fourth-order valence-corrected chi connectivity index (χ4v) is 3.94. The summed E-state index contributed by atoms with van der Waals surface area (Å²) in [5.41, 5.74) is 1.08. The third-order valence-electron chi connectivity index (χ3n) is 3.84. The van der Waals surface area contributed by atoms with E-state index in [-0.39, 0.29) is 5.91 Å². The Bertz CT molecular complexity index is 920. The second kappa shape index (κ2) is 7.98. The van der Waals surface area contributed by atoms with E-state index in [9.17, 15) is 9.18 Å². The molecule has 1 fully saturated rings. The van der Waals surface area contributed by atoms with Crippen LogP contribution in [0.5, 0.6) is 17.2 Å². The lowest BCUT2D eigenvalue weighted by Crippen LogP contribution is -2.27. The van der Waals surface area contributed by atoms with Crippen molar-refractivity contribution in [1.82, 2.24) is 0 Å². The van der Waals surface area contributed by atoms with Gasteiger partial charge in [-0.3, -0.25) is 9.69 Å². The molecule has 0 radical (unpaired) electrons. The Morgan fingerprint density at radius 3 is 2.30 bits per heavy atom. The van der Waals surface area contributed by atoms with Crippen LogP contribution in [0, 0.1) is 5.82 Å². The maximum absolute atomic E-state index is 13.5. The van der Waals surface area contributed by atoms with Gasteiger partial charge in [0.05, 0.1) is 31.9 Å². The molecule has 0 spiro atoms. The number of ether oxygens (including phenoxy) is 3. The van der Waals surface area contributed by atoms with Crippen molar-refractivity contribution >= 4 is 46.0 Å². The van der Waals surface area contributed by atoms with E-state index in [1.54, 1.807) is 24.3 Å². The Kier molecular flexibility index (Phi) is 5.67. The van der Waals surface area contributed by atoms with Gasteiger partial charge in [0.1, 0.15) is 5.82 Å². The monoisotopic (exact) mass is 405 g/mol. The highest BCUT2D eigenvalue weighted by Gasteiger charge is 2.33. The van der Waals surface area contributed by atoms with Crippen molar-refractivity contribution in [3.8, 4) is 17.2 Å². The first-order valence-corrected chi connectivity index (χ1v) is 9.04. The fourth-order valence-electron chi connectivity index (χ4n) is 2.64. The summed E-state index contributed by atoms with van der Waals surface area (Å²) in [6.45, 7) is 0. The molecule has 0 atom stereocenters. The summed E-state index contributed by atoms with van der Waals surface area (Å²) < 4.78 is 29.8. The predicted molar refractivity (Wildman–Crippen MR) is 108 cm³/mol. The molecule has 27 heavy (non-hydrogen) atoms. The van der Waals surface area contributed by atoms with E-state index in [0.29, 0.717) is 37.7 Å². The Hall–Kier alpha value is -2.58. The van der Waals surface area contributed by atoms with Crippen LogP contribution in [0.2, 0.25) is 0 Å². The van der Waals surface area contributed by atoms with Crippen LogP contribution in [0.1, 0.15) is 5.56 Å². The van der Waals surface area contributed by atoms with Gasteiger partial charge < -0.3 is 14.2 Å². The van der Waals surface area contributed by atoms with Gasteiger partial charge in [0.2, 0.25) is 5.75 Å². The maximum Gasteiger partial charge on any atom is 0.270 e. The van der Waals surface area contributed by atoms with Crippen molar-refractivity contribution in [3.05, 3.63) is 52.7 Å². The zero-order valence-corrected chi connectivity index (χ0v) is 16.4. The van der Waals surface area contributed by atoms with E-state index in [4.69, 9.17) is 26.4 Å². The van der Waals surface area contributed by atoms with Gasteiger partial charge in [-0.15, -0.1) is 0 Å². The van der Waals surface area contributed by atoms with Crippen LogP contribution < -0.4 is 19.1 Å². The molecule has 3 rings (SSSR count). The molecule has 0 N–H and O–H groups in total. The summed E-state index contributed by atoms with van der Waals surface area (Å²) in [6, 6.07) is 9.22. The lowest BCUT2D eigenvalue weighted by Gasteiger charge is -2.14. The van der Waals surface area contributed by atoms with E-state index in [2.05, 4.69) is 0 Å². The molecule has 2 aromatic carbocycles. The van der Waals surface area contributed by atoms with Crippen molar-refractivity contribution in [2.45, 2.75) is 0 Å². The summed E-state index contributed by atoms with van der Waals surface area (Å²) in [5.74, 6) is 0.663. The van der Waals surface area contributed by atoms with Crippen molar-refractivity contribution in [1.29, 1.82) is 0 Å². The molecule has 1 aliphatic rings. The highest BCUT2D eigenvalue weighted by atomic mass is 32.2. The Morgan fingerprint density at radius 1 is 1.07 bits per heavy atom. The number of carbonyl (C=O) groups excluding carboxylic acids is 1. The topological polar surface area (TPSA) is 48.0 Å². The summed E-state index contributed by atoms with van der Waals surface area (Å²) in [7, 11) is 4.55. The molecule has 0 unspecified atom stereocenters. The normalized spacial score (nSPS) is 15.4. The van der Waals surface area contributed by atoms with Gasteiger partial charge >= 0.3 is 0 Å². The van der Waals surface area contributed by atoms with Gasteiger partial charge in [0, 0.05) is 0 Å². The molecule has 0 aromatic heterocycles. The maximum atomic E-state index is 13.5. The highest BCUT2D eigenvalue weighted by molar-refractivity contribution is 8.27. The molecule has 5 nitrogen and oxygen atoms in total. The number of rotatable bonds is 5. The summed E-state index contributed by atoms with van der Waals surface area (Å²) in [6.07, 6.45) is 1.68. The third kappa shape index (κ3) is 3.77. The number of benzene rings is 2. The van der Waals surface area contributed by atoms with E-state index >= 15 is 0 Å². The van der Waals surface area contributed by atoms with Crippen LogP contribution in [0.25, 0.3) is 6.08 Å². The number of hydrogen-bond acceptors (Lipinski definition) is 6. The van der Waals surface area contributed by atoms with Crippen molar-refractivity contribution in [3.63, 3.8) is 0 Å². The smallest absolute Gasteiger partial charge is 0.270 e. The zero-order valence-electron chi connectivity index (χ0n) is 14.8. The largest absolute Gasteiger partial charge is 0.493 e. The fraction of sp³-hybridized carbons (Fsp3) is 0.158. The summed E-state index contributed by atoms with van der Waals surface area (Å²) in [5, 5.41) is 0. The first-order valence-electron chi connectivity index (χ1n) is 7.82. The summed E-state index contributed by atoms with van der Waals surface area (Å²) >= 11 is 6.46. The van der Waals surface area contributed by atoms with E-state index in [1.807, 2.05) is 0 Å². The number of methoxy groups -OCH3 is 3. The van der Waals surface area contributed by atoms with E-state index in [1.165, 1.54) is 44.4 Å². The molecule has 1 saturated heterocycles. The molecule has 1 heterocycles. The lowest BCUT2D eigenvalue weighted by atomic mass is 10.1. The summed E-state index contributed by atoms with van der Waals surface area (Å²) in [4.78, 5) is 14.5. The zero-order chi connectivity index (χ0) is 19.6. The molecular weight excluding hydrogens is 389 g/mol. The highest BCUT2D eigenvalue weighted by Crippen LogP contribution is 2.41. The van der Waals surface area contributed by atoms with Crippen molar-refractivity contribution in [2.24, 2.45) is 0 Å². The third-order valence-corrected chi connectivity index (χ3v) is 5.15. The van der Waals surface area contributed by atoms with Crippen molar-refractivity contribution < 1.29 is 23.4 Å². The molecular formula is C19H16FNO4S2. The first-order chi connectivity index (χ1) is 13.0. The number of thiocarbonyl (C=S) groups is 1. The number of hydrogen-bond donors (Lipinski definition) is 0. The molecule has 1 aliphatic heterocycles. The molecule has 0 saturated carbocycles. The number of halogens is 1. The number of nitrogens with zero attached hydrogens (tertiary/aromatic N) is 1. The van der Waals surface area contributed by atoms with Gasteiger partial charge in [-0.25, -0.2) is 4.39 Å². The minimum Gasteiger partial charge on any atom is -0.493 e. The molecule has 1 amide bonds. The van der Waals surface area contributed by atoms with E-state index in [0.717, 1.165) is 11.8 Å². The van der Waals surface area contributed by atoms with E-state index < -0.39 is 5.82 Å². The second-order valence-electron chi connectivity index (χ2n) is 5.46. The predicted octanol–water partition coefficient (Wildman–Crippen LogP) is 4.26. The van der Waals surface area contributed by atoms with Gasteiger partial charge in [0.25, 0.3) is 5.91 Å². The van der Waals surface area contributed by atoms with Crippen LogP contribution in [0.15, 0.2) is 41.3 Å². The molecule has 2 aromatic rings. The van der Waals surface area contributed by atoms with Crippen LogP contribution in [-0.2, 0) is 4.79 Å². The minimum absolute atomic E-state index is 0.315. The van der Waals surface area contributed by atoms with Crippen LogP contribution in [0.4, 0.5) is 10.1 Å². The second-order valence-corrected chi connectivity index (χ2v) is 7.13. The Balaban J connectivity index is 1.99. The van der Waals surface area contributed by atoms with Crippen LogP contribution >= 0.6 is 24.0 Å². The Morgan fingerprint density at radius 2 is 1.74 bits per heavy atom. The number of anilines is 1. The average Bonchev–Trinajstić information content (AvgIpc) is 2.94. The minimum atomic E-state index is -0.435. The quantitative estimate of drug-likeness (QED) is 0.547. The Labute approximate surface area is 165 Å². The molecule has 0 aliphatic carbocycles. The SMILES string of the molecule is COc1cc(/C=C2/SC(=S)N(c3cccc(F)c3)C2=O)cc(OC)c1OC. The number of amides is 1. The molecule has 140 valence electrons. The van der Waals surface area contributed by atoms with Crippen molar-refractivity contribution in [2.75, 3.05) is 26.2 Å². The average molecular weight is 405 g/mol. The first kappa shape index (κ1) is 19.2. The van der Waals surface area contributed by atoms with Crippen LogP contribution in [-0.4, -0.2) is 31.6 Å². The van der Waals surface area contributed by atoms with Gasteiger partial charge in [-0.05, 0) is 42.0 Å². The van der Waals surface area contributed by atoms with Gasteiger partial charge in [-0.1, -0.05) is 30.0 Å². The van der Waals surface area contributed by atoms with Crippen LogP contribution in [0.3, 0.4) is 0 Å². The standard InChI is InChI=1S/C19H16FNO4S2/c1-23-14-7-11(8-15(24-2)17(14)25-3)9-16-18(22)21(19(26)27-16)13-6-4-5-12(20)10-13/h4-10H,1-3H3/b16-9+. The molecule has 0 bridgehead atoms. The van der Waals surface area contributed by atoms with Gasteiger partial charge in [0.15, 0.2) is 15.8 Å². The lowest BCUT2D eigenvalue weighted by molar-refractivity contribution is -0.113. The van der Waals surface area contributed by atoms with Gasteiger partial charge in [-0.2, -0.15) is 0 Å².